The Bertz CT molecular complexity index is 1770. The number of allylic oxidation sites excluding steroid dienone is 8. The molecule has 0 aliphatic carbocycles. The normalized spacial score (nSPS) is 13.5. The van der Waals surface area contributed by atoms with Gasteiger partial charge in [-0.15, -0.1) is 0 Å². The molecule has 2 heterocycles. The summed E-state index contributed by atoms with van der Waals surface area (Å²) in [6, 6.07) is 25.7. The van der Waals surface area contributed by atoms with E-state index in [4.69, 9.17) is 11.1 Å². The molecule has 0 radical (unpaired) electrons. The molecular weight excluding hydrogens is 512 g/mol. The van der Waals surface area contributed by atoms with Gasteiger partial charge in [-0.1, -0.05) is 61.2 Å². The third-order valence-corrected chi connectivity index (χ3v) is 7.21. The van der Waals surface area contributed by atoms with Gasteiger partial charge in [0.05, 0.1) is 0 Å². The van der Waals surface area contributed by atoms with Crippen LogP contribution in [0.1, 0.15) is 23.6 Å². The van der Waals surface area contributed by atoms with Crippen LogP contribution in [0.3, 0.4) is 0 Å². The first-order chi connectivity index (χ1) is 20.6. The maximum atomic E-state index is 8.02. The molecule has 0 spiro atoms. The topological polar surface area (TPSA) is 74.8 Å². The van der Waals surface area contributed by atoms with Crippen LogP contribution in [0.15, 0.2) is 141 Å². The highest BCUT2D eigenvalue weighted by Crippen LogP contribution is 2.35. The van der Waals surface area contributed by atoms with Crippen molar-refractivity contribution >= 4 is 22.9 Å². The quantitative estimate of drug-likeness (QED) is 0.145. The number of rotatable bonds is 9. The molecule has 4 aromatic rings. The predicted molar refractivity (Wildman–Crippen MR) is 180 cm³/mol. The van der Waals surface area contributed by atoms with Crippen molar-refractivity contribution in [2.24, 2.45) is 5.73 Å². The Balaban J connectivity index is 1.65. The molecule has 4 heteroatoms. The highest BCUT2D eigenvalue weighted by molar-refractivity contribution is 6.09. The smallest absolute Gasteiger partial charge is 0.0346 e. The number of nitrogens with one attached hydrogen (secondary N) is 2. The average Bonchev–Trinajstić information content (AvgIpc) is 3.06. The fraction of sp³-hybridized carbons (Fsp3) is 0.0526. The van der Waals surface area contributed by atoms with Crippen LogP contribution in [0.2, 0.25) is 0 Å². The van der Waals surface area contributed by atoms with Gasteiger partial charge in [0.25, 0.3) is 0 Å². The van der Waals surface area contributed by atoms with E-state index in [0.717, 1.165) is 73.3 Å². The van der Waals surface area contributed by atoms with Crippen LogP contribution in [0, 0.1) is 5.41 Å². The van der Waals surface area contributed by atoms with E-state index in [1.807, 2.05) is 30.5 Å². The van der Waals surface area contributed by atoms with Crippen molar-refractivity contribution in [3.63, 3.8) is 0 Å². The first-order valence-electron chi connectivity index (χ1n) is 13.9. The second kappa shape index (κ2) is 13.2. The van der Waals surface area contributed by atoms with Gasteiger partial charge in [0.2, 0.25) is 0 Å². The molecule has 0 atom stereocenters. The molecule has 0 fully saturated rings. The van der Waals surface area contributed by atoms with Crippen molar-refractivity contribution in [3.8, 4) is 33.4 Å². The maximum absolute atomic E-state index is 8.02. The first kappa shape index (κ1) is 28.1. The van der Waals surface area contributed by atoms with Crippen LogP contribution in [0.25, 0.3) is 50.1 Å². The van der Waals surface area contributed by atoms with E-state index >= 15 is 0 Å². The summed E-state index contributed by atoms with van der Waals surface area (Å²) in [7, 11) is 0. The summed E-state index contributed by atoms with van der Waals surface area (Å²) in [5.74, 6) is 0. The Morgan fingerprint density at radius 3 is 2.17 bits per heavy atom. The summed E-state index contributed by atoms with van der Waals surface area (Å²) in [6.07, 6.45) is 20.4. The molecule has 4 nitrogen and oxygen atoms in total. The fourth-order valence-corrected chi connectivity index (χ4v) is 5.03. The van der Waals surface area contributed by atoms with Gasteiger partial charge in [0.1, 0.15) is 0 Å². The summed E-state index contributed by atoms with van der Waals surface area (Å²) in [5.41, 5.74) is 18.4. The molecule has 0 unspecified atom stereocenters. The standard InChI is InChI=1S/C38H34N4/c1-3-8-30(24-40)36-20-35(22-38(23-36)32-13-7-16-42-26-32)29-11-4-10-28(17-29)34-18-33(27(2)9-5-14-39)19-37(21-34)31-12-6-15-41-25-31/h3-14,16-26,40-41H,1,15,39H2,2H3/b14-5-,27-9+,30-8+,40-24?. The summed E-state index contributed by atoms with van der Waals surface area (Å²) < 4.78 is 0. The number of nitrogens with two attached hydrogens (primary N) is 1. The number of nitrogens with zero attached hydrogens (tertiary/aromatic N) is 1. The van der Waals surface area contributed by atoms with Gasteiger partial charge in [-0.2, -0.15) is 0 Å². The van der Waals surface area contributed by atoms with Crippen LogP contribution < -0.4 is 11.1 Å². The van der Waals surface area contributed by atoms with Gasteiger partial charge in [-0.05, 0) is 129 Å². The van der Waals surface area contributed by atoms with E-state index in [9.17, 15) is 0 Å². The largest absolute Gasteiger partial charge is 0.405 e. The number of hydrogen-bond acceptors (Lipinski definition) is 4. The van der Waals surface area contributed by atoms with Gasteiger partial charge < -0.3 is 16.5 Å². The van der Waals surface area contributed by atoms with Gasteiger partial charge in [0.15, 0.2) is 0 Å². The van der Waals surface area contributed by atoms with Crippen molar-refractivity contribution in [3.05, 3.63) is 157 Å². The zero-order chi connectivity index (χ0) is 29.3. The Kier molecular flexibility index (Phi) is 8.85. The second-order valence-corrected chi connectivity index (χ2v) is 10.1. The van der Waals surface area contributed by atoms with Crippen LogP contribution in [0.4, 0.5) is 0 Å². The summed E-state index contributed by atoms with van der Waals surface area (Å²) in [4.78, 5) is 4.33. The highest BCUT2D eigenvalue weighted by Gasteiger charge is 2.12. The van der Waals surface area contributed by atoms with Crippen molar-refractivity contribution in [1.82, 2.24) is 10.3 Å². The van der Waals surface area contributed by atoms with Gasteiger partial charge in [0, 0.05) is 36.9 Å². The molecule has 3 aromatic carbocycles. The van der Waals surface area contributed by atoms with Crippen LogP contribution >= 0.6 is 0 Å². The zero-order valence-corrected chi connectivity index (χ0v) is 23.7. The summed E-state index contributed by atoms with van der Waals surface area (Å²) in [6.45, 7) is 6.78. The van der Waals surface area contributed by atoms with Crippen molar-refractivity contribution in [2.45, 2.75) is 6.92 Å². The van der Waals surface area contributed by atoms with E-state index in [-0.39, 0.29) is 0 Å². The van der Waals surface area contributed by atoms with E-state index < -0.39 is 0 Å². The van der Waals surface area contributed by atoms with Crippen LogP contribution in [0.5, 0.6) is 0 Å². The molecule has 1 aliphatic rings. The lowest BCUT2D eigenvalue weighted by Gasteiger charge is -2.15. The molecule has 1 aliphatic heterocycles. The number of aromatic nitrogens is 1. The van der Waals surface area contributed by atoms with Crippen molar-refractivity contribution < 1.29 is 0 Å². The lowest BCUT2D eigenvalue weighted by molar-refractivity contribution is 0.976. The SMILES string of the molecule is C=C/C=C(\C=N)c1cc(-c2cccnc2)cc(-c2cccc(-c3cc(C4=CNCC=C4)cc(/C(C)=C/C=C\N)c3)c2)c1. The molecular formula is C38H34N4. The van der Waals surface area contributed by atoms with E-state index in [0.29, 0.717) is 0 Å². The zero-order valence-electron chi connectivity index (χ0n) is 23.7. The molecule has 42 heavy (non-hydrogen) atoms. The molecule has 5 rings (SSSR count). The number of pyridine rings is 1. The van der Waals surface area contributed by atoms with Gasteiger partial charge in [-0.25, -0.2) is 0 Å². The molecule has 0 amide bonds. The fourth-order valence-electron chi connectivity index (χ4n) is 5.03. The molecule has 0 saturated heterocycles. The highest BCUT2D eigenvalue weighted by atomic mass is 14.8. The summed E-state index contributed by atoms with van der Waals surface area (Å²) >= 11 is 0. The Morgan fingerprint density at radius 1 is 0.857 bits per heavy atom. The van der Waals surface area contributed by atoms with Crippen LogP contribution in [-0.2, 0) is 0 Å². The van der Waals surface area contributed by atoms with E-state index in [1.165, 1.54) is 6.21 Å². The van der Waals surface area contributed by atoms with Crippen molar-refractivity contribution in [2.75, 3.05) is 6.54 Å². The van der Waals surface area contributed by atoms with Crippen LogP contribution in [-0.4, -0.2) is 17.7 Å². The third-order valence-electron chi connectivity index (χ3n) is 7.21. The number of hydrogen-bond donors (Lipinski definition) is 3. The minimum absolute atomic E-state index is 0.793. The Labute approximate surface area is 248 Å². The average molecular weight is 547 g/mol. The Hall–Kier alpha value is -5.48. The number of benzene rings is 3. The number of dihydropyridines is 1. The lowest BCUT2D eigenvalue weighted by Crippen LogP contribution is -2.08. The maximum Gasteiger partial charge on any atom is 0.0346 e. The monoisotopic (exact) mass is 546 g/mol. The van der Waals surface area contributed by atoms with Crippen molar-refractivity contribution in [1.29, 1.82) is 5.41 Å². The predicted octanol–water partition coefficient (Wildman–Crippen LogP) is 8.68. The minimum atomic E-state index is 0.793. The first-order valence-corrected chi connectivity index (χ1v) is 13.9. The third kappa shape index (κ3) is 6.45. The lowest BCUT2D eigenvalue weighted by atomic mass is 9.90. The van der Waals surface area contributed by atoms with Gasteiger partial charge in [-0.3, -0.25) is 4.98 Å². The van der Waals surface area contributed by atoms with E-state index in [2.05, 4.69) is 109 Å². The summed E-state index contributed by atoms with van der Waals surface area (Å²) in [5, 5.41) is 11.3. The minimum Gasteiger partial charge on any atom is -0.405 e. The molecule has 206 valence electrons. The van der Waals surface area contributed by atoms with Gasteiger partial charge >= 0.3 is 0 Å². The molecule has 1 aromatic heterocycles. The molecule has 4 N–H and O–H groups in total. The Morgan fingerprint density at radius 2 is 1.52 bits per heavy atom. The second-order valence-electron chi connectivity index (χ2n) is 10.1. The molecule has 0 saturated carbocycles. The molecule has 0 bridgehead atoms. The van der Waals surface area contributed by atoms with E-state index in [1.54, 1.807) is 18.5 Å².